The van der Waals surface area contributed by atoms with Gasteiger partial charge in [-0.25, -0.2) is 24.4 Å². The average Bonchev–Trinajstić information content (AvgIpc) is 2.68. The zero-order chi connectivity index (χ0) is 21.9. The second-order valence-corrected chi connectivity index (χ2v) is 6.02. The standard InChI is InChI=1S/C17H14N4O7S/c1-20-14(10-18)12-9-17(27-6-7-28-29(22,23)24)13(15(11-19)21-2)8-16(12)26-5-4-25-3/h8-9H,4-7H2,3H3,(H,22,23,24). The number of nitrogens with zero attached hydrogens (tertiary/aromatic N) is 4. The van der Waals surface area contributed by atoms with E-state index in [4.69, 9.17) is 31.9 Å². The van der Waals surface area contributed by atoms with E-state index in [1.165, 1.54) is 19.2 Å². The highest BCUT2D eigenvalue weighted by atomic mass is 32.3. The number of benzene rings is 1. The van der Waals surface area contributed by atoms with Crippen molar-refractivity contribution in [3.63, 3.8) is 0 Å². The van der Waals surface area contributed by atoms with Crippen molar-refractivity contribution in [1.29, 1.82) is 10.5 Å². The van der Waals surface area contributed by atoms with Crippen LogP contribution in [-0.4, -0.2) is 46.5 Å². The summed E-state index contributed by atoms with van der Waals surface area (Å²) in [5, 5.41) is 18.5. The van der Waals surface area contributed by atoms with Crippen molar-refractivity contribution in [2.24, 2.45) is 0 Å². The monoisotopic (exact) mass is 418 g/mol. The summed E-state index contributed by atoms with van der Waals surface area (Å²) in [6.07, 6.45) is 0. The third-order valence-electron chi connectivity index (χ3n) is 3.15. The molecule has 1 aromatic carbocycles. The summed E-state index contributed by atoms with van der Waals surface area (Å²) in [5.74, 6) is -0.0236. The third-order valence-corrected chi connectivity index (χ3v) is 3.61. The lowest BCUT2D eigenvalue weighted by Crippen LogP contribution is -2.22. The molecule has 29 heavy (non-hydrogen) atoms. The maximum absolute atomic E-state index is 10.6. The minimum Gasteiger partial charge on any atom is -0.492 e. The lowest BCUT2D eigenvalue weighted by molar-refractivity contribution is 0.145. The zero-order valence-corrected chi connectivity index (χ0v) is 15.9. The highest BCUT2D eigenvalue weighted by Crippen LogP contribution is 2.12. The van der Waals surface area contributed by atoms with E-state index in [9.17, 15) is 18.9 Å². The Bertz CT molecular complexity index is 1120. The molecule has 1 N–H and O–H groups in total. The minimum absolute atomic E-state index is 0.00722. The molecule has 12 heteroatoms. The van der Waals surface area contributed by atoms with Crippen molar-refractivity contribution in [2.45, 2.75) is 0 Å². The number of ether oxygens (including phenoxy) is 3. The maximum Gasteiger partial charge on any atom is 0.397 e. The minimum atomic E-state index is -4.67. The SMILES string of the molecule is [C-]#[N+]C(C#N)=c1cc(OCCOS(=O)(=O)O)c(=C(C#N)[N+]#[C-])cc1OCCOC. The third kappa shape index (κ3) is 7.11. The first-order valence-electron chi connectivity index (χ1n) is 7.65. The Labute approximate surface area is 166 Å². The van der Waals surface area contributed by atoms with Gasteiger partial charge in [0.1, 0.15) is 31.3 Å². The predicted molar refractivity (Wildman–Crippen MR) is 97.3 cm³/mol. The van der Waals surface area contributed by atoms with Crippen molar-refractivity contribution in [3.8, 4) is 23.6 Å². The van der Waals surface area contributed by atoms with Crippen LogP contribution in [0.25, 0.3) is 21.1 Å². The second kappa shape index (κ2) is 11.3. The molecule has 0 saturated heterocycles. The Balaban J connectivity index is 3.60. The predicted octanol–water partition coefficient (Wildman–Crippen LogP) is 0.0121. The summed E-state index contributed by atoms with van der Waals surface area (Å²) in [4.78, 5) is 6.22. The molecule has 150 valence electrons. The van der Waals surface area contributed by atoms with E-state index in [0.717, 1.165) is 0 Å². The van der Waals surface area contributed by atoms with E-state index >= 15 is 0 Å². The summed E-state index contributed by atoms with van der Waals surface area (Å²) < 4.78 is 49.6. The maximum atomic E-state index is 10.6. The normalized spacial score (nSPS) is 12.5. The Morgan fingerprint density at radius 1 is 1.00 bits per heavy atom. The lowest BCUT2D eigenvalue weighted by atomic mass is 10.1. The molecule has 0 unspecified atom stereocenters. The van der Waals surface area contributed by atoms with Gasteiger partial charge in [-0.05, 0) is 12.1 Å². The van der Waals surface area contributed by atoms with Gasteiger partial charge < -0.3 is 14.2 Å². The number of nitriles is 2. The fourth-order valence-electron chi connectivity index (χ4n) is 1.99. The molecular formula is C17H14N4O7S. The molecule has 0 aliphatic rings. The van der Waals surface area contributed by atoms with E-state index in [1.54, 1.807) is 12.1 Å². The summed E-state index contributed by atoms with van der Waals surface area (Å²) in [5.41, 5.74) is -0.690. The smallest absolute Gasteiger partial charge is 0.397 e. The molecule has 0 aliphatic carbocycles. The molecule has 0 heterocycles. The molecule has 0 atom stereocenters. The lowest BCUT2D eigenvalue weighted by Gasteiger charge is -2.12. The van der Waals surface area contributed by atoms with Crippen molar-refractivity contribution in [1.82, 2.24) is 0 Å². The average molecular weight is 418 g/mol. The molecule has 0 radical (unpaired) electrons. The van der Waals surface area contributed by atoms with Gasteiger partial charge >= 0.3 is 10.4 Å². The van der Waals surface area contributed by atoms with E-state index in [0.29, 0.717) is 0 Å². The summed E-state index contributed by atoms with van der Waals surface area (Å²) >= 11 is 0. The van der Waals surface area contributed by atoms with Gasteiger partial charge in [0.15, 0.2) is 0 Å². The molecule has 0 aliphatic heterocycles. The topological polar surface area (TPSA) is 148 Å². The zero-order valence-electron chi connectivity index (χ0n) is 15.1. The summed E-state index contributed by atoms with van der Waals surface area (Å²) in [6, 6.07) is 5.91. The van der Waals surface area contributed by atoms with Crippen molar-refractivity contribution < 1.29 is 31.4 Å². The number of hydrogen-bond donors (Lipinski definition) is 1. The van der Waals surface area contributed by atoms with E-state index < -0.39 is 17.0 Å². The summed E-state index contributed by atoms with van der Waals surface area (Å²) in [7, 11) is -3.22. The molecular weight excluding hydrogens is 404 g/mol. The summed E-state index contributed by atoms with van der Waals surface area (Å²) in [6.45, 7) is 13.6. The molecule has 11 nitrogen and oxygen atoms in total. The largest absolute Gasteiger partial charge is 0.492 e. The van der Waals surface area contributed by atoms with Crippen LogP contribution >= 0.6 is 0 Å². The van der Waals surface area contributed by atoms with Crippen LogP contribution < -0.4 is 19.9 Å². The first-order valence-corrected chi connectivity index (χ1v) is 9.02. The van der Waals surface area contributed by atoms with Crippen LogP contribution in [0.1, 0.15) is 0 Å². The van der Waals surface area contributed by atoms with Gasteiger partial charge in [-0.15, -0.1) is 0 Å². The van der Waals surface area contributed by atoms with E-state index in [-0.39, 0.29) is 53.2 Å². The molecule has 0 spiro atoms. The van der Waals surface area contributed by atoms with Gasteiger partial charge in [-0.2, -0.15) is 8.42 Å². The number of hydrogen-bond acceptors (Lipinski definition) is 8. The Hall–Kier alpha value is -3.65. The van der Waals surface area contributed by atoms with Gasteiger partial charge in [0.05, 0.1) is 31.9 Å². The fourth-order valence-corrected chi connectivity index (χ4v) is 2.26. The number of methoxy groups -OCH3 is 1. The molecule has 1 aromatic rings. The Morgan fingerprint density at radius 3 is 1.79 bits per heavy atom. The van der Waals surface area contributed by atoms with Crippen LogP contribution in [0.4, 0.5) is 0 Å². The first kappa shape index (κ1) is 23.4. The fraction of sp³-hybridized carbons (Fsp3) is 0.294. The van der Waals surface area contributed by atoms with Gasteiger partial charge in [-0.3, -0.25) is 4.55 Å². The second-order valence-electron chi connectivity index (χ2n) is 4.93. The van der Waals surface area contributed by atoms with Crippen LogP contribution in [0.15, 0.2) is 12.1 Å². The van der Waals surface area contributed by atoms with Crippen molar-refractivity contribution >= 4 is 21.8 Å². The molecule has 0 saturated carbocycles. The van der Waals surface area contributed by atoms with Crippen molar-refractivity contribution in [3.05, 3.63) is 45.4 Å². The van der Waals surface area contributed by atoms with Crippen LogP contribution in [0.5, 0.6) is 11.5 Å². The van der Waals surface area contributed by atoms with E-state index in [1.807, 2.05) is 0 Å². The molecule has 1 rings (SSSR count). The van der Waals surface area contributed by atoms with Crippen LogP contribution in [0, 0.1) is 35.8 Å². The van der Waals surface area contributed by atoms with Crippen LogP contribution in [0.2, 0.25) is 0 Å². The molecule has 0 aromatic heterocycles. The molecule has 0 fully saturated rings. The quantitative estimate of drug-likeness (QED) is 0.333. The van der Waals surface area contributed by atoms with E-state index in [2.05, 4.69) is 13.9 Å². The Kier molecular flexibility index (Phi) is 9.07. The first-order chi connectivity index (χ1) is 13.8. The van der Waals surface area contributed by atoms with Crippen molar-refractivity contribution in [2.75, 3.05) is 33.5 Å². The number of rotatable bonds is 9. The highest BCUT2D eigenvalue weighted by Gasteiger charge is 2.12. The van der Waals surface area contributed by atoms with Gasteiger partial charge in [0, 0.05) is 17.5 Å². The van der Waals surface area contributed by atoms with Gasteiger partial charge in [0.2, 0.25) is 0 Å². The van der Waals surface area contributed by atoms with Gasteiger partial charge in [0.25, 0.3) is 11.4 Å². The molecule has 0 amide bonds. The van der Waals surface area contributed by atoms with Gasteiger partial charge in [-0.1, -0.05) is 0 Å². The molecule has 0 bridgehead atoms. The highest BCUT2D eigenvalue weighted by molar-refractivity contribution is 7.80. The van der Waals surface area contributed by atoms with Crippen LogP contribution in [0.3, 0.4) is 0 Å². The van der Waals surface area contributed by atoms with Crippen LogP contribution in [-0.2, 0) is 19.3 Å². The Morgan fingerprint density at radius 2 is 1.45 bits per heavy atom.